The minimum Gasteiger partial charge on any atom is -0.494 e. The Bertz CT molecular complexity index is 1650. The number of hydrogen-bond acceptors (Lipinski definition) is 4. The third-order valence-corrected chi connectivity index (χ3v) is 6.44. The van der Waals surface area contributed by atoms with Gasteiger partial charge in [-0.2, -0.15) is 0 Å². The smallest absolute Gasteiger partial charge is 0.270 e. The van der Waals surface area contributed by atoms with Crippen LogP contribution in [-0.2, 0) is 4.79 Å². The van der Waals surface area contributed by atoms with Crippen LogP contribution in [0, 0.1) is 18.6 Å². The SMILES string of the molecule is Cc1ccc(-n2c(O)c(C=C3C(=O)C=Cc4ccccc43)c(=O)n(-c3ccc(C)cc3)c2=S)cc1. The second-order valence-corrected chi connectivity index (χ2v) is 8.87. The van der Waals surface area contributed by atoms with Gasteiger partial charge in [0.15, 0.2) is 10.6 Å². The first-order chi connectivity index (χ1) is 16.8. The summed E-state index contributed by atoms with van der Waals surface area (Å²) in [6.45, 7) is 3.92. The van der Waals surface area contributed by atoms with Crippen LogP contribution in [0.2, 0.25) is 0 Å². The molecule has 1 aliphatic carbocycles. The van der Waals surface area contributed by atoms with Gasteiger partial charge >= 0.3 is 0 Å². The molecule has 0 saturated carbocycles. The average molecular weight is 479 g/mol. The van der Waals surface area contributed by atoms with E-state index in [2.05, 4.69) is 0 Å². The fourth-order valence-electron chi connectivity index (χ4n) is 4.16. The Morgan fingerprint density at radius 2 is 1.34 bits per heavy atom. The van der Waals surface area contributed by atoms with Crippen molar-refractivity contribution in [2.75, 3.05) is 0 Å². The van der Waals surface area contributed by atoms with E-state index in [-0.39, 0.29) is 22.0 Å². The van der Waals surface area contributed by atoms with Crippen LogP contribution in [-0.4, -0.2) is 20.0 Å². The highest BCUT2D eigenvalue weighted by Crippen LogP contribution is 2.31. The fraction of sp³-hybridized carbons (Fsp3) is 0.0690. The third kappa shape index (κ3) is 3.98. The van der Waals surface area contributed by atoms with Crippen molar-refractivity contribution in [3.05, 3.63) is 122 Å². The summed E-state index contributed by atoms with van der Waals surface area (Å²) in [6, 6.07) is 22.3. The zero-order valence-corrected chi connectivity index (χ0v) is 20.0. The first kappa shape index (κ1) is 22.5. The number of aryl methyl sites for hydroxylation is 2. The number of carbonyl (C=O) groups is 1. The summed E-state index contributed by atoms with van der Waals surface area (Å²) < 4.78 is 2.96. The molecule has 1 aromatic heterocycles. The van der Waals surface area contributed by atoms with E-state index in [9.17, 15) is 14.7 Å². The van der Waals surface area contributed by atoms with Gasteiger partial charge in [-0.3, -0.25) is 18.7 Å². The van der Waals surface area contributed by atoms with Gasteiger partial charge in [0.1, 0.15) is 5.56 Å². The van der Waals surface area contributed by atoms with Crippen molar-refractivity contribution >= 4 is 35.7 Å². The minimum absolute atomic E-state index is 0.0202. The van der Waals surface area contributed by atoms with Crippen molar-refractivity contribution in [3.63, 3.8) is 0 Å². The number of allylic oxidation sites excluding steroid dienone is 2. The van der Waals surface area contributed by atoms with E-state index in [0.29, 0.717) is 22.5 Å². The largest absolute Gasteiger partial charge is 0.494 e. The number of aromatic hydroxyl groups is 1. The normalized spacial score (nSPS) is 13.8. The second-order valence-electron chi connectivity index (χ2n) is 8.51. The lowest BCUT2D eigenvalue weighted by molar-refractivity contribution is -0.109. The predicted molar refractivity (Wildman–Crippen MR) is 142 cm³/mol. The lowest BCUT2D eigenvalue weighted by Crippen LogP contribution is -2.26. The zero-order valence-electron chi connectivity index (χ0n) is 19.2. The topological polar surface area (TPSA) is 64.2 Å². The summed E-state index contributed by atoms with van der Waals surface area (Å²) in [6.07, 6.45) is 4.68. The Labute approximate surface area is 207 Å². The quantitative estimate of drug-likeness (QED) is 0.298. The number of rotatable bonds is 3. The molecular formula is C29H22N2O3S. The van der Waals surface area contributed by atoms with Gasteiger partial charge < -0.3 is 5.11 Å². The van der Waals surface area contributed by atoms with Crippen molar-refractivity contribution in [1.29, 1.82) is 0 Å². The highest BCUT2D eigenvalue weighted by Gasteiger charge is 2.22. The van der Waals surface area contributed by atoms with Crippen molar-refractivity contribution in [2.45, 2.75) is 13.8 Å². The predicted octanol–water partition coefficient (Wildman–Crippen LogP) is 5.82. The Balaban J connectivity index is 1.86. The number of fused-ring (bicyclic) bond motifs is 1. The molecule has 0 bridgehead atoms. The van der Waals surface area contributed by atoms with Crippen LogP contribution >= 0.6 is 12.2 Å². The lowest BCUT2D eigenvalue weighted by Gasteiger charge is -2.18. The Morgan fingerprint density at radius 1 is 0.771 bits per heavy atom. The van der Waals surface area contributed by atoms with E-state index in [0.717, 1.165) is 16.7 Å². The Kier molecular flexibility index (Phi) is 5.67. The first-order valence-corrected chi connectivity index (χ1v) is 11.5. The number of nitrogens with zero attached hydrogens (tertiary/aromatic N) is 2. The molecule has 0 fully saturated rings. The van der Waals surface area contributed by atoms with Crippen LogP contribution in [0.3, 0.4) is 0 Å². The summed E-state index contributed by atoms with van der Waals surface area (Å²) in [5, 5.41) is 11.4. The van der Waals surface area contributed by atoms with E-state index >= 15 is 0 Å². The van der Waals surface area contributed by atoms with Gasteiger partial charge in [-0.1, -0.05) is 65.7 Å². The Morgan fingerprint density at radius 3 is 1.97 bits per heavy atom. The maximum Gasteiger partial charge on any atom is 0.270 e. The molecule has 0 amide bonds. The molecule has 5 rings (SSSR count). The molecule has 3 aromatic carbocycles. The summed E-state index contributed by atoms with van der Waals surface area (Å²) in [5.74, 6) is -0.562. The molecule has 0 saturated heterocycles. The van der Waals surface area contributed by atoms with Crippen molar-refractivity contribution < 1.29 is 9.90 Å². The molecule has 6 heteroatoms. The number of ketones is 1. The minimum atomic E-state index is -0.507. The second kappa shape index (κ2) is 8.81. The number of benzene rings is 3. The van der Waals surface area contributed by atoms with Gasteiger partial charge in [-0.25, -0.2) is 0 Å². The summed E-state index contributed by atoms with van der Waals surface area (Å²) in [4.78, 5) is 26.6. The lowest BCUT2D eigenvalue weighted by atomic mass is 9.90. The van der Waals surface area contributed by atoms with E-state index < -0.39 is 5.56 Å². The molecule has 1 aliphatic rings. The molecule has 35 heavy (non-hydrogen) atoms. The molecule has 172 valence electrons. The molecule has 0 aliphatic heterocycles. The maximum atomic E-state index is 13.8. The number of carbonyl (C=O) groups excluding carboxylic acids is 1. The van der Waals surface area contributed by atoms with Gasteiger partial charge in [-0.05, 0) is 73.6 Å². The van der Waals surface area contributed by atoms with Crippen LogP contribution in [0.25, 0.3) is 29.1 Å². The van der Waals surface area contributed by atoms with Gasteiger partial charge in [0, 0.05) is 5.57 Å². The monoisotopic (exact) mass is 478 g/mol. The van der Waals surface area contributed by atoms with Gasteiger partial charge in [0.25, 0.3) is 5.56 Å². The van der Waals surface area contributed by atoms with Crippen molar-refractivity contribution in [1.82, 2.24) is 9.13 Å². The van der Waals surface area contributed by atoms with Gasteiger partial charge in [0.05, 0.1) is 11.4 Å². The van der Waals surface area contributed by atoms with E-state index in [1.165, 1.54) is 21.3 Å². The summed E-state index contributed by atoms with van der Waals surface area (Å²) in [7, 11) is 0. The van der Waals surface area contributed by atoms with Crippen molar-refractivity contribution in [3.8, 4) is 17.3 Å². The van der Waals surface area contributed by atoms with Crippen LogP contribution < -0.4 is 5.56 Å². The van der Waals surface area contributed by atoms with Crippen molar-refractivity contribution in [2.24, 2.45) is 0 Å². The molecule has 1 heterocycles. The van der Waals surface area contributed by atoms with E-state index in [1.807, 2.05) is 86.6 Å². The van der Waals surface area contributed by atoms with Gasteiger partial charge in [-0.15, -0.1) is 0 Å². The third-order valence-electron chi connectivity index (χ3n) is 6.07. The molecular weight excluding hydrogens is 456 g/mol. The number of aromatic nitrogens is 2. The van der Waals surface area contributed by atoms with E-state index in [1.54, 1.807) is 6.08 Å². The van der Waals surface area contributed by atoms with Gasteiger partial charge in [0.2, 0.25) is 5.88 Å². The summed E-state index contributed by atoms with van der Waals surface area (Å²) >= 11 is 5.71. The van der Waals surface area contributed by atoms with Crippen LogP contribution in [0.4, 0.5) is 0 Å². The average Bonchev–Trinajstić information content (AvgIpc) is 2.85. The van der Waals surface area contributed by atoms with Crippen LogP contribution in [0.15, 0.2) is 83.7 Å². The highest BCUT2D eigenvalue weighted by molar-refractivity contribution is 7.71. The molecule has 4 aromatic rings. The molecule has 0 radical (unpaired) electrons. The molecule has 0 spiro atoms. The first-order valence-electron chi connectivity index (χ1n) is 11.1. The molecule has 0 atom stereocenters. The van der Waals surface area contributed by atoms with Crippen LogP contribution in [0.5, 0.6) is 5.88 Å². The molecule has 0 unspecified atom stereocenters. The standard InChI is InChI=1S/C29H22N2O3S/c1-18-7-12-21(13-8-18)30-27(33)25(17-24-23-6-4-3-5-20(23)11-16-26(24)32)28(34)31(29(30)35)22-14-9-19(2)10-15-22/h3-17,33H,1-2H3. The molecule has 5 nitrogen and oxygen atoms in total. The fourth-order valence-corrected chi connectivity index (χ4v) is 4.54. The zero-order chi connectivity index (χ0) is 24.7. The molecule has 1 N–H and O–H groups in total. The summed E-state index contributed by atoms with van der Waals surface area (Å²) in [5.41, 5.74) is 4.63. The number of hydrogen-bond donors (Lipinski definition) is 1. The van der Waals surface area contributed by atoms with Crippen LogP contribution in [0.1, 0.15) is 27.8 Å². The maximum absolute atomic E-state index is 13.8. The van der Waals surface area contributed by atoms with E-state index in [4.69, 9.17) is 12.2 Å². The Hall–Kier alpha value is -4.29. The highest BCUT2D eigenvalue weighted by atomic mass is 32.1.